The lowest BCUT2D eigenvalue weighted by Gasteiger charge is -2.46. The number of amides is 2. The number of ether oxygens (including phenoxy) is 1. The largest absolute Gasteiger partial charge is 0.444 e. The summed E-state index contributed by atoms with van der Waals surface area (Å²) in [7, 11) is 3.75. The van der Waals surface area contributed by atoms with Crippen LogP contribution < -0.4 is 0 Å². The van der Waals surface area contributed by atoms with Crippen molar-refractivity contribution in [3.63, 3.8) is 0 Å². The Bertz CT molecular complexity index is 464. The minimum atomic E-state index is -1.48. The summed E-state index contributed by atoms with van der Waals surface area (Å²) in [5.41, 5.74) is -2.07. The molecule has 2 aliphatic rings. The monoisotopic (exact) mass is 327 g/mol. The number of hydrogen-bond donors (Lipinski definition) is 1. The third-order valence-corrected chi connectivity index (χ3v) is 4.26. The molecule has 0 bridgehead atoms. The summed E-state index contributed by atoms with van der Waals surface area (Å²) in [4.78, 5) is 29.4. The molecular formula is C16H29N3O4. The highest BCUT2D eigenvalue weighted by Gasteiger charge is 2.51. The number of aliphatic hydroxyl groups is 1. The van der Waals surface area contributed by atoms with Crippen molar-refractivity contribution in [2.45, 2.75) is 50.9 Å². The first kappa shape index (κ1) is 18.0. The SMILES string of the molecule is CN(CCN(C)C1CC1)C(=O)C1(O)CN(C(=O)OC(C)(C)C)C1. The molecule has 0 unspecified atom stereocenters. The van der Waals surface area contributed by atoms with Gasteiger partial charge in [-0.05, 0) is 40.7 Å². The van der Waals surface area contributed by atoms with E-state index in [4.69, 9.17) is 4.74 Å². The van der Waals surface area contributed by atoms with Crippen molar-refractivity contribution >= 4 is 12.0 Å². The van der Waals surface area contributed by atoms with Crippen LogP contribution in [0.25, 0.3) is 0 Å². The molecule has 132 valence electrons. The zero-order chi connectivity index (χ0) is 17.4. The number of likely N-dealkylation sites (tertiary alicyclic amines) is 1. The molecule has 1 aliphatic carbocycles. The van der Waals surface area contributed by atoms with Crippen molar-refractivity contribution in [1.82, 2.24) is 14.7 Å². The lowest BCUT2D eigenvalue weighted by molar-refractivity contribution is -0.167. The van der Waals surface area contributed by atoms with E-state index < -0.39 is 17.3 Å². The van der Waals surface area contributed by atoms with E-state index in [1.54, 1.807) is 32.7 Å². The molecule has 7 heteroatoms. The molecule has 2 amide bonds. The van der Waals surface area contributed by atoms with Crippen molar-refractivity contribution in [1.29, 1.82) is 0 Å². The van der Waals surface area contributed by atoms with Gasteiger partial charge in [-0.3, -0.25) is 4.79 Å². The van der Waals surface area contributed by atoms with Gasteiger partial charge in [0.15, 0.2) is 5.60 Å². The second-order valence-corrected chi connectivity index (χ2v) is 7.81. The molecule has 2 rings (SSSR count). The maximum Gasteiger partial charge on any atom is 0.410 e. The second-order valence-electron chi connectivity index (χ2n) is 7.81. The average molecular weight is 327 g/mol. The van der Waals surface area contributed by atoms with Crippen LogP contribution in [0.5, 0.6) is 0 Å². The zero-order valence-electron chi connectivity index (χ0n) is 14.8. The van der Waals surface area contributed by atoms with Crippen molar-refractivity contribution in [2.75, 3.05) is 40.3 Å². The fourth-order valence-corrected chi connectivity index (χ4v) is 2.64. The number of carbonyl (C=O) groups is 2. The van der Waals surface area contributed by atoms with Gasteiger partial charge in [-0.25, -0.2) is 4.79 Å². The number of hydrogen-bond acceptors (Lipinski definition) is 5. The van der Waals surface area contributed by atoms with Gasteiger partial charge in [0.05, 0.1) is 13.1 Å². The zero-order valence-corrected chi connectivity index (χ0v) is 14.8. The van der Waals surface area contributed by atoms with Crippen LogP contribution >= 0.6 is 0 Å². The van der Waals surface area contributed by atoms with Gasteiger partial charge in [0.1, 0.15) is 5.60 Å². The molecule has 2 fully saturated rings. The molecule has 0 spiro atoms. The Morgan fingerprint density at radius 1 is 1.22 bits per heavy atom. The predicted octanol–water partition coefficient (Wildman–Crippen LogP) is 0.521. The molecule has 0 aromatic heterocycles. The molecule has 0 atom stereocenters. The summed E-state index contributed by atoms with van der Waals surface area (Å²) in [5.74, 6) is -0.332. The fraction of sp³-hybridized carbons (Fsp3) is 0.875. The van der Waals surface area contributed by atoms with Crippen LogP contribution in [0.4, 0.5) is 4.79 Å². The van der Waals surface area contributed by atoms with E-state index >= 15 is 0 Å². The first-order chi connectivity index (χ1) is 10.5. The summed E-state index contributed by atoms with van der Waals surface area (Å²) >= 11 is 0. The molecule has 1 heterocycles. The Morgan fingerprint density at radius 2 is 1.78 bits per heavy atom. The van der Waals surface area contributed by atoms with Gasteiger partial charge in [0, 0.05) is 26.2 Å². The van der Waals surface area contributed by atoms with Gasteiger partial charge in [-0.1, -0.05) is 0 Å². The van der Waals surface area contributed by atoms with Crippen molar-refractivity contribution in [3.8, 4) is 0 Å². The van der Waals surface area contributed by atoms with Crippen LogP contribution in [0.2, 0.25) is 0 Å². The van der Waals surface area contributed by atoms with Crippen molar-refractivity contribution in [3.05, 3.63) is 0 Å². The second kappa shape index (κ2) is 6.28. The number of likely N-dealkylation sites (N-methyl/N-ethyl adjacent to an activating group) is 2. The lowest BCUT2D eigenvalue weighted by atomic mass is 9.93. The predicted molar refractivity (Wildman–Crippen MR) is 86.0 cm³/mol. The van der Waals surface area contributed by atoms with E-state index in [2.05, 4.69) is 11.9 Å². The van der Waals surface area contributed by atoms with Gasteiger partial charge in [0.25, 0.3) is 5.91 Å². The minimum absolute atomic E-state index is 0.0104. The van der Waals surface area contributed by atoms with Gasteiger partial charge in [-0.15, -0.1) is 0 Å². The highest BCUT2D eigenvalue weighted by Crippen LogP contribution is 2.26. The maximum atomic E-state index is 12.4. The standard InChI is InChI=1S/C16H29N3O4/c1-15(2,3)23-14(21)19-10-16(22,11-19)13(20)18(5)9-8-17(4)12-6-7-12/h12,22H,6-11H2,1-5H3. The van der Waals surface area contributed by atoms with Crippen LogP contribution in [-0.4, -0.2) is 89.3 Å². The normalized spacial score (nSPS) is 20.2. The molecule has 0 aromatic carbocycles. The molecule has 1 N–H and O–H groups in total. The highest BCUT2D eigenvalue weighted by atomic mass is 16.6. The van der Waals surface area contributed by atoms with E-state index in [9.17, 15) is 14.7 Å². The summed E-state index contributed by atoms with van der Waals surface area (Å²) < 4.78 is 5.23. The molecule has 1 saturated heterocycles. The Hall–Kier alpha value is -1.34. The van der Waals surface area contributed by atoms with Crippen molar-refractivity contribution in [2.24, 2.45) is 0 Å². The van der Waals surface area contributed by atoms with E-state index in [1.807, 2.05) is 0 Å². The molecule has 1 aliphatic heterocycles. The van der Waals surface area contributed by atoms with Crippen LogP contribution in [0.1, 0.15) is 33.6 Å². The molecule has 0 radical (unpaired) electrons. The quantitative estimate of drug-likeness (QED) is 0.797. The van der Waals surface area contributed by atoms with Crippen LogP contribution in [0, 0.1) is 0 Å². The summed E-state index contributed by atoms with van der Waals surface area (Å²) in [6.07, 6.45) is 1.96. The summed E-state index contributed by atoms with van der Waals surface area (Å²) in [6, 6.07) is 0.646. The van der Waals surface area contributed by atoms with Gasteiger partial charge in [-0.2, -0.15) is 0 Å². The molecule has 23 heavy (non-hydrogen) atoms. The smallest absolute Gasteiger partial charge is 0.410 e. The Labute approximate surface area is 138 Å². The molecule has 1 saturated carbocycles. The summed E-state index contributed by atoms with van der Waals surface area (Å²) in [6.45, 7) is 6.69. The van der Waals surface area contributed by atoms with Gasteiger partial charge >= 0.3 is 6.09 Å². The van der Waals surface area contributed by atoms with Gasteiger partial charge in [0.2, 0.25) is 0 Å². The summed E-state index contributed by atoms with van der Waals surface area (Å²) in [5, 5.41) is 10.4. The number of nitrogens with zero attached hydrogens (tertiary/aromatic N) is 3. The van der Waals surface area contributed by atoms with Crippen LogP contribution in [0.15, 0.2) is 0 Å². The Balaban J connectivity index is 1.77. The van der Waals surface area contributed by atoms with E-state index in [1.165, 1.54) is 17.7 Å². The minimum Gasteiger partial charge on any atom is -0.444 e. The van der Waals surface area contributed by atoms with Crippen LogP contribution in [0.3, 0.4) is 0 Å². The van der Waals surface area contributed by atoms with E-state index in [0.717, 1.165) is 6.54 Å². The van der Waals surface area contributed by atoms with E-state index in [0.29, 0.717) is 12.6 Å². The first-order valence-corrected chi connectivity index (χ1v) is 8.18. The van der Waals surface area contributed by atoms with E-state index in [-0.39, 0.29) is 19.0 Å². The maximum absolute atomic E-state index is 12.4. The topological polar surface area (TPSA) is 73.3 Å². The lowest BCUT2D eigenvalue weighted by Crippen LogP contribution is -2.70. The molecule has 0 aromatic rings. The number of rotatable bonds is 5. The fourth-order valence-electron chi connectivity index (χ4n) is 2.64. The van der Waals surface area contributed by atoms with Crippen molar-refractivity contribution < 1.29 is 19.4 Å². The van der Waals surface area contributed by atoms with Gasteiger partial charge < -0.3 is 24.5 Å². The van der Waals surface area contributed by atoms with Crippen LogP contribution in [-0.2, 0) is 9.53 Å². The molecule has 7 nitrogen and oxygen atoms in total. The average Bonchev–Trinajstić information content (AvgIpc) is 3.22. The Morgan fingerprint density at radius 3 is 2.26 bits per heavy atom. The molecular weight excluding hydrogens is 298 g/mol. The first-order valence-electron chi connectivity index (χ1n) is 8.18. The Kier molecular flexibility index (Phi) is 4.92. The third kappa shape index (κ3) is 4.57. The number of carbonyl (C=O) groups excluding carboxylic acids is 2. The third-order valence-electron chi connectivity index (χ3n) is 4.26. The highest BCUT2D eigenvalue weighted by molar-refractivity contribution is 5.88. The number of β-amino-alcohol motifs (C(OH)–C–C–N with tert-alkyl or cyclic N) is 1.